The second kappa shape index (κ2) is 6.40. The lowest BCUT2D eigenvalue weighted by Gasteiger charge is -2.18. The van der Waals surface area contributed by atoms with E-state index in [2.05, 4.69) is 20.5 Å². The van der Waals surface area contributed by atoms with Crippen LogP contribution < -0.4 is 5.43 Å². The molecule has 0 saturated heterocycles. The van der Waals surface area contributed by atoms with Gasteiger partial charge in [0.25, 0.3) is 0 Å². The molecule has 0 spiro atoms. The van der Waals surface area contributed by atoms with Gasteiger partial charge in [0.1, 0.15) is 0 Å². The molecular weight excluding hydrogens is 341 g/mol. The van der Waals surface area contributed by atoms with Crippen LogP contribution in [0.3, 0.4) is 0 Å². The number of para-hydroxylation sites is 1. The molecule has 1 aliphatic carbocycles. The lowest BCUT2D eigenvalue weighted by molar-refractivity contribution is -0.144. The van der Waals surface area contributed by atoms with Gasteiger partial charge in [0.15, 0.2) is 5.82 Å². The van der Waals surface area contributed by atoms with Crippen LogP contribution in [-0.2, 0) is 12.6 Å². The van der Waals surface area contributed by atoms with E-state index < -0.39 is 12.0 Å². The molecule has 0 unspecified atom stereocenters. The number of rotatable bonds is 2. The van der Waals surface area contributed by atoms with Crippen molar-refractivity contribution >= 4 is 22.4 Å². The Balaban J connectivity index is 1.76. The van der Waals surface area contributed by atoms with Crippen molar-refractivity contribution in [1.82, 2.24) is 9.97 Å². The first-order valence-corrected chi connectivity index (χ1v) is 8.27. The Morgan fingerprint density at radius 1 is 0.923 bits per heavy atom. The van der Waals surface area contributed by atoms with Crippen LogP contribution in [0.1, 0.15) is 29.8 Å². The second-order valence-electron chi connectivity index (χ2n) is 6.09. The van der Waals surface area contributed by atoms with Crippen molar-refractivity contribution < 1.29 is 13.2 Å². The Bertz CT molecular complexity index is 995. The molecule has 3 aromatic rings. The van der Waals surface area contributed by atoms with Crippen molar-refractivity contribution in [2.75, 3.05) is 5.43 Å². The minimum Gasteiger partial charge on any atom is -0.260 e. The largest absolute Gasteiger partial charge is 0.451 e. The molecule has 2 aromatic carbocycles. The van der Waals surface area contributed by atoms with Gasteiger partial charge in [0, 0.05) is 10.9 Å². The van der Waals surface area contributed by atoms with Crippen molar-refractivity contribution in [2.24, 2.45) is 5.10 Å². The minimum absolute atomic E-state index is 0.0541. The summed E-state index contributed by atoms with van der Waals surface area (Å²) in [7, 11) is 0. The number of halogens is 3. The highest BCUT2D eigenvalue weighted by Crippen LogP contribution is 2.30. The topological polar surface area (TPSA) is 50.2 Å². The molecule has 0 saturated carbocycles. The van der Waals surface area contributed by atoms with Crippen molar-refractivity contribution in [3.05, 3.63) is 65.5 Å². The van der Waals surface area contributed by atoms with Gasteiger partial charge in [-0.2, -0.15) is 18.3 Å². The number of hydrogen-bond donors (Lipinski definition) is 1. The van der Waals surface area contributed by atoms with Crippen LogP contribution in [0.2, 0.25) is 0 Å². The first-order chi connectivity index (χ1) is 12.5. The van der Waals surface area contributed by atoms with Gasteiger partial charge >= 0.3 is 6.18 Å². The van der Waals surface area contributed by atoms with Gasteiger partial charge in [-0.05, 0) is 37.0 Å². The molecular formula is C19H15F3N4. The number of nitrogens with zero attached hydrogens (tertiary/aromatic N) is 3. The number of hydrogen-bond acceptors (Lipinski definition) is 4. The molecule has 7 heteroatoms. The Kier molecular flexibility index (Phi) is 4.06. The quantitative estimate of drug-likeness (QED) is 0.671. The van der Waals surface area contributed by atoms with Crippen LogP contribution in [0.15, 0.2) is 53.6 Å². The number of anilines is 1. The Labute approximate surface area is 147 Å². The molecule has 26 heavy (non-hydrogen) atoms. The number of alkyl halides is 3. The smallest absolute Gasteiger partial charge is 0.260 e. The maximum Gasteiger partial charge on any atom is 0.451 e. The number of benzene rings is 2. The highest BCUT2D eigenvalue weighted by atomic mass is 19.4. The van der Waals surface area contributed by atoms with Crippen LogP contribution >= 0.6 is 0 Å². The number of aromatic nitrogens is 2. The number of aryl methyl sites for hydroxylation is 1. The summed E-state index contributed by atoms with van der Waals surface area (Å²) in [6.07, 6.45) is -1.93. The van der Waals surface area contributed by atoms with E-state index >= 15 is 0 Å². The van der Waals surface area contributed by atoms with E-state index in [4.69, 9.17) is 0 Å². The highest BCUT2D eigenvalue weighted by Gasteiger charge is 2.35. The standard InChI is InChI=1S/C19H15F3N4/c20-19(21,22)18-23-15-10-4-3-9-14(15)17(24-18)26-25-16-11-5-7-12-6-1-2-8-13(12)16/h1-4,6,8-10H,5,7,11H2,(H,23,24,26). The van der Waals surface area contributed by atoms with E-state index in [1.165, 1.54) is 11.6 Å². The summed E-state index contributed by atoms with van der Waals surface area (Å²) in [6, 6.07) is 14.5. The maximum atomic E-state index is 13.1. The first-order valence-electron chi connectivity index (χ1n) is 8.27. The van der Waals surface area contributed by atoms with Gasteiger partial charge in [-0.25, -0.2) is 9.97 Å². The third-order valence-corrected chi connectivity index (χ3v) is 4.34. The molecule has 4 nitrogen and oxygen atoms in total. The van der Waals surface area contributed by atoms with Crippen LogP contribution in [0.4, 0.5) is 19.0 Å². The molecule has 0 radical (unpaired) electrons. The van der Waals surface area contributed by atoms with Crippen molar-refractivity contribution in [3.8, 4) is 0 Å². The monoisotopic (exact) mass is 356 g/mol. The number of fused-ring (bicyclic) bond motifs is 2. The first kappa shape index (κ1) is 16.5. The summed E-state index contributed by atoms with van der Waals surface area (Å²) in [5.41, 5.74) is 6.02. The SMILES string of the molecule is FC(F)(F)c1nc(NN=C2CCCc3ccccc32)c2ccccc2n1. The molecule has 0 fully saturated rings. The van der Waals surface area contributed by atoms with E-state index in [-0.39, 0.29) is 11.3 Å². The predicted octanol–water partition coefficient (Wildman–Crippen LogP) is 4.80. The van der Waals surface area contributed by atoms with Crippen LogP contribution in [0.5, 0.6) is 0 Å². The van der Waals surface area contributed by atoms with E-state index in [0.29, 0.717) is 5.39 Å². The predicted molar refractivity (Wildman–Crippen MR) is 94.1 cm³/mol. The summed E-state index contributed by atoms with van der Waals surface area (Å²) >= 11 is 0. The van der Waals surface area contributed by atoms with Gasteiger partial charge < -0.3 is 0 Å². The van der Waals surface area contributed by atoms with Gasteiger partial charge in [-0.1, -0.05) is 36.4 Å². The minimum atomic E-state index is -4.62. The van der Waals surface area contributed by atoms with Gasteiger partial charge in [-0.15, -0.1) is 0 Å². The summed E-state index contributed by atoms with van der Waals surface area (Å²) < 4.78 is 39.3. The van der Waals surface area contributed by atoms with E-state index in [1.54, 1.807) is 18.2 Å². The second-order valence-corrected chi connectivity index (χ2v) is 6.09. The molecule has 1 heterocycles. The van der Waals surface area contributed by atoms with E-state index in [1.807, 2.05) is 24.3 Å². The lowest BCUT2D eigenvalue weighted by Crippen LogP contribution is -2.15. The number of nitrogens with one attached hydrogen (secondary N) is 1. The molecule has 1 N–H and O–H groups in total. The third kappa shape index (κ3) is 3.12. The number of hydrazone groups is 1. The van der Waals surface area contributed by atoms with Gasteiger partial charge in [0.05, 0.1) is 11.2 Å². The van der Waals surface area contributed by atoms with Crippen molar-refractivity contribution in [1.29, 1.82) is 0 Å². The zero-order chi connectivity index (χ0) is 18.1. The summed E-state index contributed by atoms with van der Waals surface area (Å²) in [6.45, 7) is 0. The fourth-order valence-electron chi connectivity index (χ4n) is 3.13. The molecule has 0 bridgehead atoms. The average Bonchev–Trinajstić information content (AvgIpc) is 2.65. The zero-order valence-electron chi connectivity index (χ0n) is 13.7. The normalized spacial score (nSPS) is 15.9. The van der Waals surface area contributed by atoms with Crippen LogP contribution in [0, 0.1) is 0 Å². The van der Waals surface area contributed by atoms with Gasteiger partial charge in [0.2, 0.25) is 5.82 Å². The van der Waals surface area contributed by atoms with Gasteiger partial charge in [-0.3, -0.25) is 5.43 Å². The molecule has 0 atom stereocenters. The van der Waals surface area contributed by atoms with E-state index in [0.717, 1.165) is 30.5 Å². The van der Waals surface area contributed by atoms with Crippen LogP contribution in [-0.4, -0.2) is 15.7 Å². The van der Waals surface area contributed by atoms with Crippen molar-refractivity contribution in [2.45, 2.75) is 25.4 Å². The lowest BCUT2D eigenvalue weighted by atomic mass is 9.90. The Morgan fingerprint density at radius 3 is 2.54 bits per heavy atom. The fourth-order valence-corrected chi connectivity index (χ4v) is 3.13. The van der Waals surface area contributed by atoms with Crippen LogP contribution in [0.25, 0.3) is 10.9 Å². The maximum absolute atomic E-state index is 13.1. The molecule has 0 amide bonds. The summed E-state index contributed by atoms with van der Waals surface area (Å²) in [5.74, 6) is -1.12. The summed E-state index contributed by atoms with van der Waals surface area (Å²) in [5, 5.41) is 4.87. The summed E-state index contributed by atoms with van der Waals surface area (Å²) in [4.78, 5) is 7.27. The Morgan fingerprint density at radius 2 is 1.69 bits per heavy atom. The Hall–Kier alpha value is -2.96. The van der Waals surface area contributed by atoms with E-state index in [9.17, 15) is 13.2 Å². The molecule has 1 aliphatic rings. The average molecular weight is 356 g/mol. The molecule has 4 rings (SSSR count). The highest BCUT2D eigenvalue weighted by molar-refractivity contribution is 6.03. The molecule has 0 aliphatic heterocycles. The third-order valence-electron chi connectivity index (χ3n) is 4.34. The van der Waals surface area contributed by atoms with Crippen molar-refractivity contribution in [3.63, 3.8) is 0 Å². The molecule has 132 valence electrons. The zero-order valence-corrected chi connectivity index (χ0v) is 13.7. The fraction of sp³-hybridized carbons (Fsp3) is 0.211. The molecule has 1 aromatic heterocycles.